The minimum absolute atomic E-state index is 0.388. The van der Waals surface area contributed by atoms with Gasteiger partial charge in [-0.2, -0.15) is 10.2 Å². The predicted molar refractivity (Wildman–Crippen MR) is 82.5 cm³/mol. The molecule has 0 fully saturated rings. The van der Waals surface area contributed by atoms with Crippen LogP contribution in [0.25, 0.3) is 11.6 Å². The van der Waals surface area contributed by atoms with Gasteiger partial charge in [-0.05, 0) is 34.1 Å². The Hall–Kier alpha value is -2.04. The molecule has 1 aromatic carbocycles. The zero-order valence-corrected chi connectivity index (χ0v) is 13.1. The van der Waals surface area contributed by atoms with Crippen LogP contribution in [-0.4, -0.2) is 15.1 Å². The fraction of sp³-hybridized carbons (Fsp3) is 0.0714. The number of nitriles is 1. The second-order valence-electron chi connectivity index (χ2n) is 4.15. The molecule has 21 heavy (non-hydrogen) atoms. The number of hydrogen-bond donors (Lipinski definition) is 1. The fourth-order valence-corrected chi connectivity index (χ4v) is 3.12. The molecule has 0 unspecified atom stereocenters. The van der Waals surface area contributed by atoms with E-state index in [4.69, 9.17) is 9.78 Å². The van der Waals surface area contributed by atoms with Crippen LogP contribution in [0, 0.1) is 11.3 Å². The van der Waals surface area contributed by atoms with Crippen molar-refractivity contribution in [3.8, 4) is 17.7 Å². The molecule has 104 valence electrons. The van der Waals surface area contributed by atoms with Gasteiger partial charge in [0, 0.05) is 15.6 Å². The van der Waals surface area contributed by atoms with Gasteiger partial charge in [-0.15, -0.1) is 11.8 Å². The molecule has 0 amide bonds. The molecule has 7 heteroatoms. The Balaban J connectivity index is 1.71. The lowest BCUT2D eigenvalue weighted by Crippen LogP contribution is -1.84. The summed E-state index contributed by atoms with van der Waals surface area (Å²) in [5.41, 5.74) is 1.18. The van der Waals surface area contributed by atoms with Gasteiger partial charge in [0.1, 0.15) is 11.8 Å². The van der Waals surface area contributed by atoms with Gasteiger partial charge in [0.05, 0.1) is 11.3 Å². The first-order valence-electron chi connectivity index (χ1n) is 6.05. The van der Waals surface area contributed by atoms with E-state index in [0.717, 1.165) is 9.37 Å². The lowest BCUT2D eigenvalue weighted by atomic mass is 10.3. The summed E-state index contributed by atoms with van der Waals surface area (Å²) in [6.45, 7) is 0. The lowest BCUT2D eigenvalue weighted by molar-refractivity contribution is 0.424. The van der Waals surface area contributed by atoms with Crippen molar-refractivity contribution in [3.63, 3.8) is 0 Å². The summed E-state index contributed by atoms with van der Waals surface area (Å²) in [6, 6.07) is 11.7. The third-order valence-electron chi connectivity index (χ3n) is 2.70. The van der Waals surface area contributed by atoms with Gasteiger partial charge in [-0.3, -0.25) is 0 Å². The highest BCUT2D eigenvalue weighted by molar-refractivity contribution is 9.10. The molecular weight excluding hydrogens is 352 g/mol. The maximum absolute atomic E-state index is 8.79. The first kappa shape index (κ1) is 13.9. The molecule has 0 aliphatic carbocycles. The minimum Gasteiger partial charge on any atom is -0.356 e. The number of benzene rings is 1. The van der Waals surface area contributed by atoms with Crippen LogP contribution in [0.4, 0.5) is 0 Å². The van der Waals surface area contributed by atoms with Gasteiger partial charge >= 0.3 is 0 Å². The molecule has 0 saturated heterocycles. The summed E-state index contributed by atoms with van der Waals surface area (Å²) in [7, 11) is 0. The monoisotopic (exact) mass is 360 g/mol. The first-order chi connectivity index (χ1) is 10.3. The Labute approximate surface area is 133 Å². The number of nitrogens with one attached hydrogen (secondary N) is 1. The van der Waals surface area contributed by atoms with E-state index in [1.807, 2.05) is 30.3 Å². The molecule has 5 nitrogen and oxygen atoms in total. The Morgan fingerprint density at radius 2 is 2.24 bits per heavy atom. The van der Waals surface area contributed by atoms with Crippen molar-refractivity contribution < 1.29 is 4.52 Å². The fourth-order valence-electron chi connectivity index (χ4n) is 1.71. The standard InChI is InChI=1S/C14H9BrN4OS/c15-10-3-1-2-4-12(10)21-8-13-18-14(20-19-13)11-5-9(6-16)7-17-11/h1-5,7,17H,8H2. The Morgan fingerprint density at radius 3 is 3.00 bits per heavy atom. The summed E-state index contributed by atoms with van der Waals surface area (Å²) in [5, 5.41) is 12.7. The van der Waals surface area contributed by atoms with Crippen molar-refractivity contribution in [2.45, 2.75) is 10.6 Å². The van der Waals surface area contributed by atoms with Gasteiger partial charge in [0.15, 0.2) is 5.82 Å². The topological polar surface area (TPSA) is 78.5 Å². The van der Waals surface area contributed by atoms with Crippen LogP contribution in [0.3, 0.4) is 0 Å². The number of thioether (sulfide) groups is 1. The van der Waals surface area contributed by atoms with Gasteiger partial charge in [-0.25, -0.2) is 0 Å². The largest absolute Gasteiger partial charge is 0.356 e. The van der Waals surface area contributed by atoms with E-state index in [0.29, 0.717) is 28.7 Å². The second-order valence-corrected chi connectivity index (χ2v) is 6.02. The zero-order chi connectivity index (χ0) is 14.7. The highest BCUT2D eigenvalue weighted by Crippen LogP contribution is 2.29. The predicted octanol–water partition coefficient (Wildman–Crippen LogP) is 3.99. The van der Waals surface area contributed by atoms with E-state index in [-0.39, 0.29) is 0 Å². The number of hydrogen-bond acceptors (Lipinski definition) is 5. The molecule has 2 aromatic heterocycles. The summed E-state index contributed by atoms with van der Waals surface area (Å²) in [5.74, 6) is 1.61. The van der Waals surface area contributed by atoms with Crippen molar-refractivity contribution in [1.29, 1.82) is 5.26 Å². The maximum Gasteiger partial charge on any atom is 0.274 e. The van der Waals surface area contributed by atoms with E-state index in [1.54, 1.807) is 24.0 Å². The lowest BCUT2D eigenvalue weighted by Gasteiger charge is -2.00. The molecule has 3 rings (SSSR count). The SMILES string of the molecule is N#Cc1c[nH]c(-c2nc(CSc3ccccc3Br)no2)c1. The number of rotatable bonds is 4. The highest BCUT2D eigenvalue weighted by atomic mass is 79.9. The van der Waals surface area contributed by atoms with Crippen molar-refractivity contribution in [2.24, 2.45) is 0 Å². The second kappa shape index (κ2) is 6.16. The van der Waals surface area contributed by atoms with E-state index in [1.165, 1.54) is 0 Å². The van der Waals surface area contributed by atoms with Gasteiger partial charge < -0.3 is 9.51 Å². The minimum atomic E-state index is 0.388. The summed E-state index contributed by atoms with van der Waals surface area (Å²) < 4.78 is 6.24. The average Bonchev–Trinajstić information content (AvgIpc) is 3.15. The van der Waals surface area contributed by atoms with Crippen LogP contribution >= 0.6 is 27.7 Å². The smallest absolute Gasteiger partial charge is 0.274 e. The number of H-pyrrole nitrogens is 1. The molecule has 1 N–H and O–H groups in total. The number of nitrogens with zero attached hydrogens (tertiary/aromatic N) is 3. The van der Waals surface area contributed by atoms with E-state index >= 15 is 0 Å². The van der Waals surface area contributed by atoms with E-state index in [2.05, 4.69) is 31.1 Å². The van der Waals surface area contributed by atoms with Crippen LogP contribution in [0.1, 0.15) is 11.4 Å². The van der Waals surface area contributed by atoms with Crippen LogP contribution in [0.2, 0.25) is 0 Å². The third kappa shape index (κ3) is 3.17. The molecule has 0 atom stereocenters. The van der Waals surface area contributed by atoms with Gasteiger partial charge in [0.25, 0.3) is 5.89 Å². The van der Waals surface area contributed by atoms with E-state index in [9.17, 15) is 0 Å². The first-order valence-corrected chi connectivity index (χ1v) is 7.83. The number of aromatic amines is 1. The molecule has 0 spiro atoms. The molecule has 0 aliphatic heterocycles. The quantitative estimate of drug-likeness (QED) is 0.711. The summed E-state index contributed by atoms with van der Waals surface area (Å²) in [4.78, 5) is 8.38. The summed E-state index contributed by atoms with van der Waals surface area (Å²) >= 11 is 5.13. The number of aromatic nitrogens is 3. The summed E-state index contributed by atoms with van der Waals surface area (Å²) in [6.07, 6.45) is 1.61. The van der Waals surface area contributed by atoms with Crippen LogP contribution in [0.15, 0.2) is 50.4 Å². The Kier molecular flexibility index (Phi) is 4.08. The molecule has 2 heterocycles. The van der Waals surface area contributed by atoms with Crippen molar-refractivity contribution in [1.82, 2.24) is 15.1 Å². The van der Waals surface area contributed by atoms with Crippen molar-refractivity contribution in [2.75, 3.05) is 0 Å². The molecular formula is C14H9BrN4OS. The Morgan fingerprint density at radius 1 is 1.38 bits per heavy atom. The normalized spacial score (nSPS) is 10.5. The molecule has 0 radical (unpaired) electrons. The van der Waals surface area contributed by atoms with Crippen molar-refractivity contribution >= 4 is 27.7 Å². The molecule has 3 aromatic rings. The zero-order valence-electron chi connectivity index (χ0n) is 10.7. The average molecular weight is 361 g/mol. The van der Waals surface area contributed by atoms with Gasteiger partial charge in [-0.1, -0.05) is 17.3 Å². The highest BCUT2D eigenvalue weighted by Gasteiger charge is 2.11. The third-order valence-corrected chi connectivity index (χ3v) is 4.73. The maximum atomic E-state index is 8.79. The van der Waals surface area contributed by atoms with Crippen LogP contribution < -0.4 is 0 Å². The Bertz CT molecular complexity index is 805. The molecule has 0 bridgehead atoms. The molecule has 0 saturated carbocycles. The van der Waals surface area contributed by atoms with Crippen molar-refractivity contribution in [3.05, 3.63) is 52.4 Å². The molecule has 0 aliphatic rings. The van der Waals surface area contributed by atoms with Crippen LogP contribution in [-0.2, 0) is 5.75 Å². The number of halogens is 1. The van der Waals surface area contributed by atoms with E-state index < -0.39 is 0 Å². The van der Waals surface area contributed by atoms with Crippen LogP contribution in [0.5, 0.6) is 0 Å². The van der Waals surface area contributed by atoms with Gasteiger partial charge in [0.2, 0.25) is 0 Å².